The van der Waals surface area contributed by atoms with Crippen molar-refractivity contribution in [1.29, 1.82) is 0 Å². The van der Waals surface area contributed by atoms with E-state index in [-0.39, 0.29) is 16.8 Å². The molecule has 6 heteroatoms. The Kier molecular flexibility index (Phi) is 6.27. The maximum absolute atomic E-state index is 14.2. The lowest BCUT2D eigenvalue weighted by Crippen LogP contribution is -2.07. The van der Waals surface area contributed by atoms with Gasteiger partial charge in [0, 0.05) is 27.3 Å². The van der Waals surface area contributed by atoms with Gasteiger partial charge in [-0.3, -0.25) is 0 Å². The standard InChI is InChI=1S/C17H18ClF2NOS/c1-10(2)23-17-8-16(11(9-21-3)6-14(17)20)22-15-5-4-12(18)7-13(15)19/h4-8,10,21H,9H2,1-3H3. The molecular formula is C17H18ClF2NOS. The Morgan fingerprint density at radius 1 is 1.13 bits per heavy atom. The number of hydrogen-bond acceptors (Lipinski definition) is 3. The highest BCUT2D eigenvalue weighted by Crippen LogP contribution is 2.35. The molecule has 0 spiro atoms. The van der Waals surface area contributed by atoms with Gasteiger partial charge in [-0.1, -0.05) is 25.4 Å². The van der Waals surface area contributed by atoms with E-state index >= 15 is 0 Å². The highest BCUT2D eigenvalue weighted by Gasteiger charge is 2.15. The quantitative estimate of drug-likeness (QED) is 0.677. The van der Waals surface area contributed by atoms with Gasteiger partial charge in [-0.05, 0) is 37.4 Å². The normalized spacial score (nSPS) is 11.1. The molecule has 0 amide bonds. The predicted octanol–water partition coefficient (Wildman–Crippen LogP) is 5.63. The molecule has 0 atom stereocenters. The van der Waals surface area contributed by atoms with Crippen molar-refractivity contribution < 1.29 is 13.5 Å². The van der Waals surface area contributed by atoms with Crippen LogP contribution in [-0.4, -0.2) is 12.3 Å². The minimum Gasteiger partial charge on any atom is -0.454 e. The van der Waals surface area contributed by atoms with Gasteiger partial charge in [-0.15, -0.1) is 11.8 Å². The molecule has 23 heavy (non-hydrogen) atoms. The lowest BCUT2D eigenvalue weighted by molar-refractivity contribution is 0.433. The molecule has 2 aromatic rings. The van der Waals surface area contributed by atoms with Crippen molar-refractivity contribution in [2.24, 2.45) is 0 Å². The third-order valence-electron chi connectivity index (χ3n) is 2.96. The molecule has 2 nitrogen and oxygen atoms in total. The molecule has 1 N–H and O–H groups in total. The van der Waals surface area contributed by atoms with E-state index in [1.807, 2.05) is 13.8 Å². The van der Waals surface area contributed by atoms with Gasteiger partial charge in [0.2, 0.25) is 0 Å². The summed E-state index contributed by atoms with van der Waals surface area (Å²) in [5, 5.41) is 3.47. The van der Waals surface area contributed by atoms with Crippen LogP contribution in [0.5, 0.6) is 11.5 Å². The van der Waals surface area contributed by atoms with Crippen LogP contribution in [0.3, 0.4) is 0 Å². The van der Waals surface area contributed by atoms with Crippen molar-refractivity contribution in [3.05, 3.63) is 52.6 Å². The van der Waals surface area contributed by atoms with Gasteiger partial charge in [-0.25, -0.2) is 8.78 Å². The molecule has 0 radical (unpaired) electrons. The molecule has 0 fully saturated rings. The molecular weight excluding hydrogens is 340 g/mol. The maximum Gasteiger partial charge on any atom is 0.167 e. The zero-order chi connectivity index (χ0) is 17.0. The highest BCUT2D eigenvalue weighted by atomic mass is 35.5. The van der Waals surface area contributed by atoms with E-state index in [1.54, 1.807) is 19.2 Å². The first-order valence-corrected chi connectivity index (χ1v) is 8.43. The van der Waals surface area contributed by atoms with Gasteiger partial charge in [-0.2, -0.15) is 0 Å². The van der Waals surface area contributed by atoms with Gasteiger partial charge in [0.05, 0.1) is 0 Å². The summed E-state index contributed by atoms with van der Waals surface area (Å²) >= 11 is 7.14. The number of nitrogens with one attached hydrogen (secondary N) is 1. The van der Waals surface area contributed by atoms with Crippen LogP contribution in [0, 0.1) is 11.6 Å². The molecule has 0 bridgehead atoms. The summed E-state index contributed by atoms with van der Waals surface area (Å²) in [6.07, 6.45) is 0. The average molecular weight is 358 g/mol. The van der Waals surface area contributed by atoms with Crippen molar-refractivity contribution in [3.63, 3.8) is 0 Å². The van der Waals surface area contributed by atoms with E-state index in [0.717, 1.165) is 0 Å². The summed E-state index contributed by atoms with van der Waals surface area (Å²) in [5.41, 5.74) is 0.618. The van der Waals surface area contributed by atoms with Crippen LogP contribution in [0.1, 0.15) is 19.4 Å². The largest absolute Gasteiger partial charge is 0.454 e. The predicted molar refractivity (Wildman–Crippen MR) is 91.6 cm³/mol. The third kappa shape index (κ3) is 4.83. The van der Waals surface area contributed by atoms with E-state index in [1.165, 1.54) is 30.0 Å². The smallest absolute Gasteiger partial charge is 0.167 e. The number of halogens is 3. The van der Waals surface area contributed by atoms with Crippen molar-refractivity contribution in [2.45, 2.75) is 30.5 Å². The van der Waals surface area contributed by atoms with Crippen LogP contribution >= 0.6 is 23.4 Å². The van der Waals surface area contributed by atoms with E-state index < -0.39 is 5.82 Å². The van der Waals surface area contributed by atoms with Crippen molar-refractivity contribution >= 4 is 23.4 Å². The molecule has 0 saturated heterocycles. The average Bonchev–Trinajstić information content (AvgIpc) is 2.46. The molecule has 124 valence electrons. The number of rotatable bonds is 6. The van der Waals surface area contributed by atoms with Gasteiger partial charge in [0.1, 0.15) is 11.6 Å². The number of thioether (sulfide) groups is 1. The van der Waals surface area contributed by atoms with Gasteiger partial charge < -0.3 is 10.1 Å². The van der Waals surface area contributed by atoms with E-state index in [0.29, 0.717) is 27.8 Å². The Morgan fingerprint density at radius 2 is 1.87 bits per heavy atom. The first kappa shape index (κ1) is 18.0. The third-order valence-corrected chi connectivity index (χ3v) is 4.23. The number of ether oxygens (including phenoxy) is 1. The first-order valence-electron chi connectivity index (χ1n) is 7.17. The molecule has 0 aromatic heterocycles. The van der Waals surface area contributed by atoms with E-state index in [2.05, 4.69) is 5.32 Å². The number of benzene rings is 2. The van der Waals surface area contributed by atoms with Crippen molar-refractivity contribution in [3.8, 4) is 11.5 Å². The Morgan fingerprint density at radius 3 is 2.48 bits per heavy atom. The summed E-state index contributed by atoms with van der Waals surface area (Å²) in [7, 11) is 1.75. The minimum absolute atomic E-state index is 0.0545. The molecule has 2 aromatic carbocycles. The van der Waals surface area contributed by atoms with Gasteiger partial charge in [0.25, 0.3) is 0 Å². The van der Waals surface area contributed by atoms with Crippen LogP contribution in [0.4, 0.5) is 8.78 Å². The fraction of sp³-hybridized carbons (Fsp3) is 0.294. The summed E-state index contributed by atoms with van der Waals surface area (Å²) < 4.78 is 33.8. The molecule has 0 heterocycles. The van der Waals surface area contributed by atoms with E-state index in [9.17, 15) is 8.78 Å². The minimum atomic E-state index is -0.560. The topological polar surface area (TPSA) is 21.3 Å². The van der Waals surface area contributed by atoms with Crippen LogP contribution in [0.15, 0.2) is 35.2 Å². The molecule has 0 aliphatic heterocycles. The second-order valence-corrected chi connectivity index (χ2v) is 7.32. The monoisotopic (exact) mass is 357 g/mol. The lowest BCUT2D eigenvalue weighted by Gasteiger charge is -2.15. The second-order valence-electron chi connectivity index (χ2n) is 5.26. The van der Waals surface area contributed by atoms with Crippen LogP contribution in [0.25, 0.3) is 0 Å². The molecule has 0 saturated carbocycles. The van der Waals surface area contributed by atoms with Crippen LogP contribution < -0.4 is 10.1 Å². The van der Waals surface area contributed by atoms with Crippen LogP contribution in [0.2, 0.25) is 5.02 Å². The Bertz CT molecular complexity index is 695. The van der Waals surface area contributed by atoms with E-state index in [4.69, 9.17) is 16.3 Å². The maximum atomic E-state index is 14.2. The summed E-state index contributed by atoms with van der Waals surface area (Å²) in [4.78, 5) is 0.476. The highest BCUT2D eigenvalue weighted by molar-refractivity contribution is 7.99. The summed E-state index contributed by atoms with van der Waals surface area (Å²) in [6.45, 7) is 4.37. The zero-order valence-electron chi connectivity index (χ0n) is 13.1. The fourth-order valence-corrected chi connectivity index (χ4v) is 3.03. The molecule has 2 rings (SSSR count). The molecule has 0 aliphatic carbocycles. The fourth-order valence-electron chi connectivity index (χ4n) is 2.02. The van der Waals surface area contributed by atoms with Gasteiger partial charge >= 0.3 is 0 Å². The lowest BCUT2D eigenvalue weighted by atomic mass is 10.2. The molecule has 0 aliphatic rings. The number of hydrogen-bond donors (Lipinski definition) is 1. The second kappa shape index (κ2) is 7.99. The zero-order valence-corrected chi connectivity index (χ0v) is 14.7. The van der Waals surface area contributed by atoms with Crippen molar-refractivity contribution in [2.75, 3.05) is 7.05 Å². The Labute approximate surface area is 144 Å². The Balaban J connectivity index is 2.41. The van der Waals surface area contributed by atoms with Crippen LogP contribution in [-0.2, 0) is 6.54 Å². The summed E-state index contributed by atoms with van der Waals surface area (Å²) in [5.74, 6) is -0.392. The van der Waals surface area contributed by atoms with Crippen molar-refractivity contribution in [1.82, 2.24) is 5.32 Å². The Hall–Kier alpha value is -1.30. The first-order chi connectivity index (χ1) is 10.9. The summed E-state index contributed by atoms with van der Waals surface area (Å²) in [6, 6.07) is 7.22. The SMILES string of the molecule is CNCc1cc(F)c(SC(C)C)cc1Oc1ccc(Cl)cc1F. The van der Waals surface area contributed by atoms with Gasteiger partial charge in [0.15, 0.2) is 11.6 Å². The molecule has 0 unspecified atom stereocenters.